The minimum Gasteiger partial charge on any atom is -0.494 e. The number of carbonyl (C=O) groups is 5. The molecule has 0 aliphatic rings. The van der Waals surface area contributed by atoms with E-state index in [2.05, 4.69) is 48.2 Å². The van der Waals surface area contributed by atoms with Gasteiger partial charge in [0.15, 0.2) is 0 Å². The highest BCUT2D eigenvalue weighted by atomic mass is 127. The zero-order chi connectivity index (χ0) is 54.8. The van der Waals surface area contributed by atoms with E-state index in [0.29, 0.717) is 46.7 Å². The first-order valence-corrected chi connectivity index (χ1v) is 24.3. The van der Waals surface area contributed by atoms with Crippen LogP contribution in [0, 0.1) is 13.8 Å². The van der Waals surface area contributed by atoms with Gasteiger partial charge in [-0.2, -0.15) is 0 Å². The van der Waals surface area contributed by atoms with Crippen molar-refractivity contribution in [1.82, 2.24) is 44.2 Å². The van der Waals surface area contributed by atoms with Gasteiger partial charge in [0.25, 0.3) is 23.6 Å². The van der Waals surface area contributed by atoms with Gasteiger partial charge in [-0.05, 0) is 79.4 Å². The Morgan fingerprint density at radius 3 is 1.30 bits per heavy atom. The number of nitrogens with two attached hydrogens (primary N) is 1. The zero-order valence-corrected chi connectivity index (χ0v) is 45.8. The predicted molar refractivity (Wildman–Crippen MR) is 289 cm³/mol. The third kappa shape index (κ3) is 18.6. The summed E-state index contributed by atoms with van der Waals surface area (Å²) in [5.41, 5.74) is 14.0. The van der Waals surface area contributed by atoms with Gasteiger partial charge in [0.2, 0.25) is 5.91 Å². The van der Waals surface area contributed by atoms with Crippen molar-refractivity contribution in [3.63, 3.8) is 0 Å². The normalized spacial score (nSPS) is 9.90. The number of hydrogen-bond donors (Lipinski definition) is 4. The number of fused-ring (bicyclic) bond motifs is 2. The minimum atomic E-state index is -0.512. The van der Waals surface area contributed by atoms with E-state index in [-0.39, 0.29) is 30.2 Å². The fraction of sp³-hybridized carbons (Fsp3) is 0.308. The number of pyridine rings is 5. The Hall–Kier alpha value is -7.47. The van der Waals surface area contributed by atoms with Crippen LogP contribution in [0.5, 0.6) is 11.5 Å². The molecule has 0 aliphatic heterocycles. The monoisotopic (exact) mass is 1120 g/mol. The van der Waals surface area contributed by atoms with E-state index in [1.807, 2.05) is 64.4 Å². The Morgan fingerprint density at radius 2 is 0.932 bits per heavy atom. The predicted octanol–water partition coefficient (Wildman–Crippen LogP) is 5.82. The second-order valence-corrected chi connectivity index (χ2v) is 15.7. The van der Waals surface area contributed by atoms with E-state index >= 15 is 0 Å². The Bertz CT molecular complexity index is 2850. The molecule has 21 heteroatoms. The Labute approximate surface area is 440 Å². The molecule has 0 atom stereocenters. The average Bonchev–Trinajstić information content (AvgIpc) is 3.92. The Kier molecular flexibility index (Phi) is 26.8. The third-order valence-corrected chi connectivity index (χ3v) is 10.00. The van der Waals surface area contributed by atoms with Gasteiger partial charge in [0, 0.05) is 111 Å². The molecule has 20 nitrogen and oxygen atoms in total. The molecule has 0 fully saturated rings. The van der Waals surface area contributed by atoms with Crippen molar-refractivity contribution in [1.29, 1.82) is 0 Å². The molecule has 73 heavy (non-hydrogen) atoms. The molecular weight excluding hydrogens is 1050 g/mol. The van der Waals surface area contributed by atoms with Crippen LogP contribution < -0.4 is 25.8 Å². The number of alkyl halides is 1. The summed E-state index contributed by atoms with van der Waals surface area (Å²) in [7, 11) is 16.6. The van der Waals surface area contributed by atoms with Crippen molar-refractivity contribution in [3.8, 4) is 11.5 Å². The maximum absolute atomic E-state index is 11.8. The summed E-state index contributed by atoms with van der Waals surface area (Å²) in [6.07, 6.45) is 12.0. The number of hydrogen-bond acceptors (Lipinski definition) is 13. The van der Waals surface area contributed by atoms with Crippen LogP contribution in [-0.4, -0.2) is 144 Å². The van der Waals surface area contributed by atoms with E-state index in [9.17, 15) is 24.0 Å². The molecule has 7 rings (SSSR count). The van der Waals surface area contributed by atoms with Crippen molar-refractivity contribution < 1.29 is 48.0 Å². The van der Waals surface area contributed by atoms with E-state index < -0.39 is 5.91 Å². The van der Waals surface area contributed by atoms with Crippen LogP contribution in [0.3, 0.4) is 0 Å². The first kappa shape index (κ1) is 61.6. The molecule has 0 saturated carbocycles. The van der Waals surface area contributed by atoms with Crippen molar-refractivity contribution in [2.75, 3.05) is 75.7 Å². The number of primary amides is 1. The number of carbonyl (C=O) groups excluding carboxylic acids is 5. The van der Waals surface area contributed by atoms with Crippen LogP contribution in [0.4, 0.5) is 0 Å². The molecule has 7 heterocycles. The largest absolute Gasteiger partial charge is 0.494 e. The number of aliphatic hydroxyl groups excluding tert-OH is 1. The van der Waals surface area contributed by atoms with Crippen molar-refractivity contribution in [2.45, 2.75) is 33.7 Å². The lowest BCUT2D eigenvalue weighted by atomic mass is 10.2. The highest BCUT2D eigenvalue weighted by molar-refractivity contribution is 14.1. The summed E-state index contributed by atoms with van der Waals surface area (Å²) >= 11 is 2.15. The lowest BCUT2D eigenvalue weighted by Gasteiger charge is -2.10. The fourth-order valence-electron chi connectivity index (χ4n) is 6.41. The number of aromatic nitrogens is 5. The standard InChI is InChI=1S/C13H16N2O2.C12H14N2O2.C10H14N2O2.C9H12N2O2.C7H8N2O2.CH3I/c1-9-7-15-8-10(13(16)14(2)3)5-6-11(15)12(9)17-4;1-8-6-14-7-9(12(15)13-2)4-5-10(14)11(8)16-3;1-12(2)10(13)8-4-5-9(7-14-3)11-6-8;1-10-9(12)7-3-4-8(6-13-2)11-5-7;8-7(11)5-1-2-6(4-10)9-3-5;1-2/h5-8H,1-4H3;4-7H,1-3H3,(H,13,15);4-6H,7H2,1-3H3;3-5H,6H2,1-2H3,(H,10,12);1-3,10H,4H2,(H2,8,11);1H3. The number of aliphatic hydroxyl groups is 1. The lowest BCUT2D eigenvalue weighted by Crippen LogP contribution is -2.21. The maximum atomic E-state index is 11.8. The van der Waals surface area contributed by atoms with Crippen molar-refractivity contribution in [3.05, 3.63) is 160 Å². The number of ether oxygens (including phenoxy) is 4. The summed E-state index contributed by atoms with van der Waals surface area (Å²) in [6, 6.07) is 17.5. The van der Waals surface area contributed by atoms with Crippen molar-refractivity contribution in [2.24, 2.45) is 5.73 Å². The minimum absolute atomic E-state index is 0.00257. The Morgan fingerprint density at radius 1 is 0.562 bits per heavy atom. The van der Waals surface area contributed by atoms with E-state index in [0.717, 1.165) is 45.0 Å². The van der Waals surface area contributed by atoms with Gasteiger partial charge in [-0.1, -0.05) is 22.6 Å². The van der Waals surface area contributed by atoms with Crippen LogP contribution >= 0.6 is 22.6 Å². The maximum Gasteiger partial charge on any atom is 0.254 e. The average molecular weight is 1120 g/mol. The molecule has 0 bridgehead atoms. The number of amides is 5. The van der Waals surface area contributed by atoms with Gasteiger partial charge in [-0.15, -0.1) is 0 Å². The highest BCUT2D eigenvalue weighted by Crippen LogP contribution is 2.27. The van der Waals surface area contributed by atoms with Crippen LogP contribution in [0.15, 0.2) is 104 Å². The number of nitrogens with zero attached hydrogens (tertiary/aromatic N) is 7. The number of aryl methyl sites for hydroxylation is 2. The summed E-state index contributed by atoms with van der Waals surface area (Å²) in [5, 5.41) is 13.7. The van der Waals surface area contributed by atoms with E-state index in [1.54, 1.807) is 124 Å². The smallest absolute Gasteiger partial charge is 0.254 e. The first-order chi connectivity index (χ1) is 34.9. The number of halogens is 1. The van der Waals surface area contributed by atoms with Gasteiger partial charge < -0.3 is 59.0 Å². The summed E-state index contributed by atoms with van der Waals surface area (Å²) in [5.74, 6) is 0.932. The molecule has 7 aromatic rings. The van der Waals surface area contributed by atoms with Crippen LogP contribution in [0.1, 0.15) is 80.0 Å². The van der Waals surface area contributed by atoms with Gasteiger partial charge in [0.1, 0.15) is 11.5 Å². The molecule has 392 valence electrons. The molecule has 0 aliphatic carbocycles. The molecule has 5 N–H and O–H groups in total. The topological polar surface area (TPSA) is 247 Å². The lowest BCUT2D eigenvalue weighted by molar-refractivity contribution is 0.0820. The van der Waals surface area contributed by atoms with Gasteiger partial charge in [-0.25, -0.2) is 0 Å². The first-order valence-electron chi connectivity index (χ1n) is 22.2. The molecule has 7 aromatic heterocycles. The number of methoxy groups -OCH3 is 4. The number of nitrogens with one attached hydrogen (secondary N) is 2. The van der Waals surface area contributed by atoms with Gasteiger partial charge >= 0.3 is 0 Å². The number of rotatable bonds is 12. The van der Waals surface area contributed by atoms with E-state index in [4.69, 9.17) is 29.8 Å². The molecule has 0 unspecified atom stereocenters. The quantitative estimate of drug-likeness (QED) is 0.0834. The van der Waals surface area contributed by atoms with E-state index in [1.165, 1.54) is 23.4 Å². The van der Waals surface area contributed by atoms with Gasteiger partial charge in [0.05, 0.1) is 90.0 Å². The molecule has 0 radical (unpaired) electrons. The molecular formula is C52H67IN10O10. The highest BCUT2D eigenvalue weighted by Gasteiger charge is 2.13. The van der Waals surface area contributed by atoms with Crippen molar-refractivity contribution >= 4 is 63.2 Å². The molecule has 0 spiro atoms. The zero-order valence-electron chi connectivity index (χ0n) is 43.6. The van der Waals surface area contributed by atoms with Gasteiger partial charge in [-0.3, -0.25) is 38.9 Å². The molecule has 5 amide bonds. The second kappa shape index (κ2) is 31.8. The second-order valence-electron chi connectivity index (χ2n) is 15.7. The Balaban J connectivity index is 0.000000312. The summed E-state index contributed by atoms with van der Waals surface area (Å²) in [4.78, 5) is 73.4. The summed E-state index contributed by atoms with van der Waals surface area (Å²) < 4.78 is 24.3. The van der Waals surface area contributed by atoms with Crippen LogP contribution in [0.25, 0.3) is 11.0 Å². The van der Waals surface area contributed by atoms with Crippen LogP contribution in [0.2, 0.25) is 0 Å². The third-order valence-electron chi connectivity index (χ3n) is 10.00. The fourth-order valence-corrected chi connectivity index (χ4v) is 6.41. The summed E-state index contributed by atoms with van der Waals surface area (Å²) in [6.45, 7) is 4.77. The SMILES string of the molecule is CI.CNC(=O)c1ccc(COC)nc1.CNC(=O)c1ccc2c(OC)c(C)cn2c1.COCc1ccc(C(=O)N(C)C)cn1.COc1c(C)cn2cc(C(=O)N(C)C)ccc12.NC(=O)c1ccc(CO)nc1. The molecule has 0 saturated heterocycles. The molecule has 0 aromatic carbocycles. The van der Waals surface area contributed by atoms with Crippen LogP contribution in [-0.2, 0) is 29.3 Å².